The highest BCUT2D eigenvalue weighted by Crippen LogP contribution is 2.29. The quantitative estimate of drug-likeness (QED) is 0.600. The molecule has 0 saturated heterocycles. The second-order valence-electron chi connectivity index (χ2n) is 7.47. The Kier molecular flexibility index (Phi) is 8.39. The number of benzene rings is 2. The van der Waals surface area contributed by atoms with Crippen LogP contribution in [0.5, 0.6) is 17.2 Å². The molecule has 3 rings (SSSR count). The summed E-state index contributed by atoms with van der Waals surface area (Å²) in [7, 11) is 1.57. The van der Waals surface area contributed by atoms with Crippen molar-refractivity contribution < 1.29 is 19.0 Å². The van der Waals surface area contributed by atoms with Gasteiger partial charge in [-0.3, -0.25) is 4.79 Å². The highest BCUT2D eigenvalue weighted by molar-refractivity contribution is 5.93. The first-order valence-electron chi connectivity index (χ1n) is 10.7. The molecule has 1 amide bonds. The molecule has 0 aromatic heterocycles. The van der Waals surface area contributed by atoms with Gasteiger partial charge in [-0.25, -0.2) is 0 Å². The molecule has 0 heterocycles. The van der Waals surface area contributed by atoms with Crippen LogP contribution in [0, 0.1) is 0 Å². The molecule has 1 aliphatic carbocycles. The van der Waals surface area contributed by atoms with Crippen molar-refractivity contribution >= 4 is 11.6 Å². The summed E-state index contributed by atoms with van der Waals surface area (Å²) in [6.45, 7) is 3.16. The Morgan fingerprint density at radius 1 is 1.00 bits per heavy atom. The molecule has 0 unspecified atom stereocenters. The van der Waals surface area contributed by atoms with E-state index in [9.17, 15) is 4.79 Å². The summed E-state index contributed by atoms with van der Waals surface area (Å²) in [4.78, 5) is 12.3. The van der Waals surface area contributed by atoms with E-state index in [4.69, 9.17) is 14.2 Å². The Bertz CT molecular complexity index is 819. The lowest BCUT2D eigenvalue weighted by molar-refractivity contribution is -0.118. The van der Waals surface area contributed by atoms with Crippen LogP contribution in [0.2, 0.25) is 0 Å². The summed E-state index contributed by atoms with van der Waals surface area (Å²) >= 11 is 0. The molecule has 0 radical (unpaired) electrons. The molecule has 0 bridgehead atoms. The summed E-state index contributed by atoms with van der Waals surface area (Å²) in [6, 6.07) is 13.8. The third-order valence-electron chi connectivity index (χ3n) is 5.25. The van der Waals surface area contributed by atoms with Crippen molar-refractivity contribution in [3.63, 3.8) is 0 Å². The van der Waals surface area contributed by atoms with E-state index in [1.165, 1.54) is 32.1 Å². The monoisotopic (exact) mass is 412 g/mol. The largest absolute Gasteiger partial charge is 0.495 e. The van der Waals surface area contributed by atoms with Crippen molar-refractivity contribution in [2.75, 3.05) is 25.6 Å². The number of nitrogens with one attached hydrogen (secondary N) is 2. The molecule has 0 spiro atoms. The van der Waals surface area contributed by atoms with Gasteiger partial charge in [0.25, 0.3) is 5.91 Å². The number of para-hydroxylation sites is 2. The summed E-state index contributed by atoms with van der Waals surface area (Å²) in [5, 5.41) is 6.45. The fourth-order valence-corrected chi connectivity index (χ4v) is 3.70. The SMILES string of the molecule is CCOc1cc(CNC2CCCCC2)ccc1OCC(=O)Nc1ccccc1OC. The maximum absolute atomic E-state index is 12.3. The number of anilines is 1. The number of amides is 1. The number of methoxy groups -OCH3 is 1. The van der Waals surface area contributed by atoms with Crippen molar-refractivity contribution in [2.24, 2.45) is 0 Å². The van der Waals surface area contributed by atoms with Gasteiger partial charge in [-0.05, 0) is 49.6 Å². The average Bonchev–Trinajstić information content (AvgIpc) is 2.78. The van der Waals surface area contributed by atoms with E-state index in [2.05, 4.69) is 10.6 Å². The van der Waals surface area contributed by atoms with Crippen LogP contribution < -0.4 is 24.8 Å². The number of carbonyl (C=O) groups is 1. The van der Waals surface area contributed by atoms with Crippen molar-refractivity contribution in [3.05, 3.63) is 48.0 Å². The van der Waals surface area contributed by atoms with E-state index in [0.717, 1.165) is 12.1 Å². The Labute approximate surface area is 178 Å². The zero-order valence-electron chi connectivity index (χ0n) is 17.9. The molecule has 1 saturated carbocycles. The van der Waals surface area contributed by atoms with Crippen molar-refractivity contribution in [2.45, 2.75) is 51.6 Å². The van der Waals surface area contributed by atoms with Gasteiger partial charge in [0.2, 0.25) is 0 Å². The van der Waals surface area contributed by atoms with Crippen LogP contribution >= 0.6 is 0 Å². The van der Waals surface area contributed by atoms with Crippen LogP contribution in [-0.2, 0) is 11.3 Å². The van der Waals surface area contributed by atoms with E-state index in [-0.39, 0.29) is 12.5 Å². The number of rotatable bonds is 10. The van der Waals surface area contributed by atoms with Gasteiger partial charge < -0.3 is 24.8 Å². The molecule has 162 valence electrons. The molecule has 0 aliphatic heterocycles. The molecule has 6 nitrogen and oxygen atoms in total. The van der Waals surface area contributed by atoms with Crippen LogP contribution in [-0.4, -0.2) is 32.3 Å². The van der Waals surface area contributed by atoms with Gasteiger partial charge in [0, 0.05) is 12.6 Å². The molecule has 2 aromatic rings. The molecule has 30 heavy (non-hydrogen) atoms. The first kappa shape index (κ1) is 22.0. The zero-order valence-corrected chi connectivity index (χ0v) is 17.9. The minimum atomic E-state index is -0.259. The Morgan fingerprint density at radius 2 is 1.80 bits per heavy atom. The summed E-state index contributed by atoms with van der Waals surface area (Å²) < 4.78 is 16.8. The minimum Gasteiger partial charge on any atom is -0.495 e. The van der Waals surface area contributed by atoms with Gasteiger partial charge in [-0.1, -0.05) is 37.5 Å². The van der Waals surface area contributed by atoms with Gasteiger partial charge in [0.05, 0.1) is 19.4 Å². The standard InChI is InChI=1S/C24H32N2O4/c1-3-29-23-15-18(16-25-19-9-5-4-6-10-19)13-14-22(23)30-17-24(27)26-20-11-7-8-12-21(20)28-2/h7-8,11-15,19,25H,3-6,9-10,16-17H2,1-2H3,(H,26,27). The number of hydrogen-bond acceptors (Lipinski definition) is 5. The normalized spacial score (nSPS) is 14.2. The summed E-state index contributed by atoms with van der Waals surface area (Å²) in [5.41, 5.74) is 1.76. The molecule has 1 fully saturated rings. The van der Waals surface area contributed by atoms with Gasteiger partial charge in [0.1, 0.15) is 5.75 Å². The summed E-state index contributed by atoms with van der Waals surface area (Å²) in [6.07, 6.45) is 6.47. The van der Waals surface area contributed by atoms with Crippen molar-refractivity contribution in [3.8, 4) is 17.2 Å². The number of hydrogen-bond donors (Lipinski definition) is 2. The van der Waals surface area contributed by atoms with E-state index >= 15 is 0 Å². The lowest BCUT2D eigenvalue weighted by Gasteiger charge is -2.23. The highest BCUT2D eigenvalue weighted by atomic mass is 16.5. The molecule has 2 N–H and O–H groups in total. The van der Waals surface area contributed by atoms with Gasteiger partial charge in [-0.2, -0.15) is 0 Å². The highest BCUT2D eigenvalue weighted by Gasteiger charge is 2.14. The van der Waals surface area contributed by atoms with Crippen LogP contribution in [0.1, 0.15) is 44.6 Å². The van der Waals surface area contributed by atoms with E-state index in [0.29, 0.717) is 35.6 Å². The van der Waals surface area contributed by atoms with Crippen LogP contribution in [0.25, 0.3) is 0 Å². The Morgan fingerprint density at radius 3 is 2.57 bits per heavy atom. The van der Waals surface area contributed by atoms with Gasteiger partial charge in [0.15, 0.2) is 18.1 Å². The molecule has 6 heteroatoms. The molecule has 1 aliphatic rings. The van der Waals surface area contributed by atoms with Crippen molar-refractivity contribution in [1.82, 2.24) is 5.32 Å². The van der Waals surface area contributed by atoms with Crippen LogP contribution in [0.4, 0.5) is 5.69 Å². The second-order valence-corrected chi connectivity index (χ2v) is 7.47. The minimum absolute atomic E-state index is 0.113. The number of carbonyl (C=O) groups excluding carboxylic acids is 1. The fourth-order valence-electron chi connectivity index (χ4n) is 3.70. The fraction of sp³-hybridized carbons (Fsp3) is 0.458. The van der Waals surface area contributed by atoms with Gasteiger partial charge in [-0.15, -0.1) is 0 Å². The van der Waals surface area contributed by atoms with Crippen molar-refractivity contribution in [1.29, 1.82) is 0 Å². The molecule has 0 atom stereocenters. The van der Waals surface area contributed by atoms with Crippen LogP contribution in [0.3, 0.4) is 0 Å². The molecular formula is C24H32N2O4. The Hall–Kier alpha value is -2.73. The zero-order chi connectivity index (χ0) is 21.2. The Balaban J connectivity index is 1.57. The van der Waals surface area contributed by atoms with Crippen LogP contribution in [0.15, 0.2) is 42.5 Å². The van der Waals surface area contributed by atoms with E-state index in [1.807, 2.05) is 37.3 Å². The topological polar surface area (TPSA) is 68.8 Å². The lowest BCUT2D eigenvalue weighted by atomic mass is 9.95. The average molecular weight is 413 g/mol. The first-order valence-corrected chi connectivity index (χ1v) is 10.7. The smallest absolute Gasteiger partial charge is 0.262 e. The second kappa shape index (κ2) is 11.5. The predicted octanol–water partition coefficient (Wildman–Crippen LogP) is 4.53. The lowest BCUT2D eigenvalue weighted by Crippen LogP contribution is -2.30. The third kappa shape index (κ3) is 6.39. The number of ether oxygens (including phenoxy) is 3. The maximum Gasteiger partial charge on any atom is 0.262 e. The first-order chi connectivity index (χ1) is 14.7. The molecule has 2 aromatic carbocycles. The third-order valence-corrected chi connectivity index (χ3v) is 5.25. The maximum atomic E-state index is 12.3. The van der Waals surface area contributed by atoms with E-state index in [1.54, 1.807) is 19.2 Å². The summed E-state index contributed by atoms with van der Waals surface area (Å²) in [5.74, 6) is 1.57. The van der Waals surface area contributed by atoms with Gasteiger partial charge >= 0.3 is 0 Å². The predicted molar refractivity (Wildman–Crippen MR) is 118 cm³/mol. The molecular weight excluding hydrogens is 380 g/mol. The van der Waals surface area contributed by atoms with E-state index < -0.39 is 0 Å².